The third-order valence-electron chi connectivity index (χ3n) is 4.61. The maximum Gasteiger partial charge on any atom is 0.246 e. The van der Waals surface area contributed by atoms with Crippen molar-refractivity contribution in [3.05, 3.63) is 30.1 Å². The second-order valence-electron chi connectivity index (χ2n) is 6.60. The van der Waals surface area contributed by atoms with Gasteiger partial charge in [-0.3, -0.25) is 4.68 Å². The van der Waals surface area contributed by atoms with Crippen LogP contribution in [0.4, 0.5) is 0 Å². The maximum absolute atomic E-state index is 12.8. The van der Waals surface area contributed by atoms with Crippen molar-refractivity contribution in [2.24, 2.45) is 0 Å². The van der Waals surface area contributed by atoms with Crippen molar-refractivity contribution in [3.8, 4) is 0 Å². The van der Waals surface area contributed by atoms with Gasteiger partial charge in [-0.05, 0) is 34.1 Å². The zero-order chi connectivity index (χ0) is 17.5. The summed E-state index contributed by atoms with van der Waals surface area (Å²) in [5.74, 6) is 1.13. The molecule has 1 fully saturated rings. The summed E-state index contributed by atoms with van der Waals surface area (Å²) in [5.41, 5.74) is 1.12. The Hall–Kier alpha value is -1.67. The molecule has 0 N–H and O–H groups in total. The Morgan fingerprint density at radius 1 is 1.33 bits per heavy atom. The van der Waals surface area contributed by atoms with Gasteiger partial charge in [0.15, 0.2) is 0 Å². The summed E-state index contributed by atoms with van der Waals surface area (Å²) in [6.07, 6.45) is 5.70. The topological polar surface area (TPSA) is 73.0 Å². The number of hydrogen-bond acceptors (Lipinski definition) is 4. The van der Waals surface area contributed by atoms with Crippen LogP contribution in [0, 0.1) is 6.92 Å². The molecule has 1 unspecified atom stereocenters. The first-order valence-electron chi connectivity index (χ1n) is 8.41. The van der Waals surface area contributed by atoms with Crippen LogP contribution in [0.1, 0.15) is 50.7 Å². The zero-order valence-corrected chi connectivity index (χ0v) is 15.5. The Morgan fingerprint density at radius 2 is 2.08 bits per heavy atom. The predicted octanol–water partition coefficient (Wildman–Crippen LogP) is 2.17. The molecule has 0 spiro atoms. The highest BCUT2D eigenvalue weighted by Gasteiger charge is 2.36. The molecule has 1 atom stereocenters. The number of rotatable bonds is 5. The molecule has 2 aromatic rings. The molecule has 0 aromatic carbocycles. The van der Waals surface area contributed by atoms with Gasteiger partial charge in [-0.1, -0.05) is 0 Å². The van der Waals surface area contributed by atoms with E-state index in [9.17, 15) is 8.42 Å². The second-order valence-corrected chi connectivity index (χ2v) is 8.54. The average molecular weight is 351 g/mol. The van der Waals surface area contributed by atoms with Crippen molar-refractivity contribution in [1.82, 2.24) is 23.6 Å². The van der Waals surface area contributed by atoms with Gasteiger partial charge in [0.2, 0.25) is 10.0 Å². The van der Waals surface area contributed by atoms with Crippen molar-refractivity contribution in [3.63, 3.8) is 0 Å². The van der Waals surface area contributed by atoms with E-state index in [1.165, 1.54) is 6.20 Å². The second kappa shape index (κ2) is 6.33. The molecule has 7 nitrogen and oxygen atoms in total. The van der Waals surface area contributed by atoms with Gasteiger partial charge < -0.3 is 4.57 Å². The summed E-state index contributed by atoms with van der Waals surface area (Å²) in [6.45, 7) is 9.88. The molecular weight excluding hydrogens is 326 g/mol. The number of aromatic nitrogens is 4. The van der Waals surface area contributed by atoms with Gasteiger partial charge in [0.05, 0.1) is 6.20 Å². The van der Waals surface area contributed by atoms with Crippen molar-refractivity contribution in [1.29, 1.82) is 0 Å². The summed E-state index contributed by atoms with van der Waals surface area (Å²) < 4.78 is 31.0. The molecule has 2 aromatic heterocycles. The van der Waals surface area contributed by atoms with Crippen molar-refractivity contribution in [2.45, 2.75) is 57.5 Å². The zero-order valence-electron chi connectivity index (χ0n) is 14.7. The SMILES string of the molecule is CCn1cc(S(=O)(=O)N2CCC(c3ncc(C)n3C(C)C)C2)cn1. The summed E-state index contributed by atoms with van der Waals surface area (Å²) in [7, 11) is -3.48. The van der Waals surface area contributed by atoms with Crippen LogP contribution in [0.2, 0.25) is 0 Å². The smallest absolute Gasteiger partial charge is 0.246 e. The highest BCUT2D eigenvalue weighted by molar-refractivity contribution is 7.89. The van der Waals surface area contributed by atoms with Crippen LogP contribution in [0.15, 0.2) is 23.5 Å². The minimum atomic E-state index is -3.48. The van der Waals surface area contributed by atoms with Crippen LogP contribution in [0.25, 0.3) is 0 Å². The van der Waals surface area contributed by atoms with Gasteiger partial charge in [-0.15, -0.1) is 0 Å². The molecule has 3 heterocycles. The minimum Gasteiger partial charge on any atom is -0.330 e. The summed E-state index contributed by atoms with van der Waals surface area (Å²) in [4.78, 5) is 4.82. The van der Waals surface area contributed by atoms with E-state index in [2.05, 4.69) is 28.5 Å². The van der Waals surface area contributed by atoms with E-state index in [4.69, 9.17) is 0 Å². The van der Waals surface area contributed by atoms with Crippen LogP contribution in [-0.4, -0.2) is 45.1 Å². The monoisotopic (exact) mass is 351 g/mol. The fraction of sp³-hybridized carbons (Fsp3) is 0.625. The van der Waals surface area contributed by atoms with E-state index in [1.54, 1.807) is 15.2 Å². The number of nitrogens with zero attached hydrogens (tertiary/aromatic N) is 5. The lowest BCUT2D eigenvalue weighted by Crippen LogP contribution is -2.28. The highest BCUT2D eigenvalue weighted by Crippen LogP contribution is 2.32. The van der Waals surface area contributed by atoms with E-state index in [-0.39, 0.29) is 10.8 Å². The van der Waals surface area contributed by atoms with Crippen LogP contribution < -0.4 is 0 Å². The van der Waals surface area contributed by atoms with Crippen molar-refractivity contribution >= 4 is 10.0 Å². The molecule has 1 aliphatic rings. The first-order chi connectivity index (χ1) is 11.3. The Labute approximate surface area is 143 Å². The van der Waals surface area contributed by atoms with Gasteiger partial charge in [0.25, 0.3) is 0 Å². The Balaban J connectivity index is 1.83. The summed E-state index contributed by atoms with van der Waals surface area (Å²) >= 11 is 0. The quantitative estimate of drug-likeness (QED) is 0.827. The fourth-order valence-electron chi connectivity index (χ4n) is 3.40. The largest absolute Gasteiger partial charge is 0.330 e. The van der Waals surface area contributed by atoms with E-state index >= 15 is 0 Å². The Kier molecular flexibility index (Phi) is 4.52. The van der Waals surface area contributed by atoms with E-state index in [1.807, 2.05) is 20.0 Å². The molecule has 132 valence electrons. The fourth-order valence-corrected chi connectivity index (χ4v) is 4.85. The Bertz CT molecular complexity index is 821. The predicted molar refractivity (Wildman–Crippen MR) is 91.4 cm³/mol. The lowest BCUT2D eigenvalue weighted by molar-refractivity contribution is 0.464. The average Bonchev–Trinajstić information content (AvgIpc) is 3.25. The normalized spacial score (nSPS) is 19.5. The lowest BCUT2D eigenvalue weighted by atomic mass is 10.1. The molecule has 1 aliphatic heterocycles. The van der Waals surface area contributed by atoms with Gasteiger partial charge in [0, 0.05) is 49.7 Å². The molecule has 1 saturated heterocycles. The summed E-state index contributed by atoms with van der Waals surface area (Å²) in [5, 5.41) is 4.08. The summed E-state index contributed by atoms with van der Waals surface area (Å²) in [6, 6.07) is 0.316. The molecular formula is C16H25N5O2S. The molecule has 3 rings (SSSR count). The number of aryl methyl sites for hydroxylation is 2. The first kappa shape index (κ1) is 17.2. The van der Waals surface area contributed by atoms with E-state index in [0.29, 0.717) is 25.7 Å². The van der Waals surface area contributed by atoms with Gasteiger partial charge in [-0.2, -0.15) is 9.40 Å². The third-order valence-corrected chi connectivity index (χ3v) is 6.43. The molecule has 8 heteroatoms. The van der Waals surface area contributed by atoms with Crippen LogP contribution >= 0.6 is 0 Å². The number of sulfonamides is 1. The van der Waals surface area contributed by atoms with Gasteiger partial charge in [0.1, 0.15) is 10.7 Å². The first-order valence-corrected chi connectivity index (χ1v) is 9.85. The molecule has 0 aliphatic carbocycles. The molecule has 24 heavy (non-hydrogen) atoms. The Morgan fingerprint density at radius 3 is 2.71 bits per heavy atom. The van der Waals surface area contributed by atoms with E-state index in [0.717, 1.165) is 17.9 Å². The molecule has 0 radical (unpaired) electrons. The number of imidazole rings is 1. The molecule has 0 bridgehead atoms. The molecule has 0 amide bonds. The van der Waals surface area contributed by atoms with Crippen LogP contribution in [-0.2, 0) is 16.6 Å². The third kappa shape index (κ3) is 2.88. The number of hydrogen-bond donors (Lipinski definition) is 0. The van der Waals surface area contributed by atoms with Crippen LogP contribution in [0.3, 0.4) is 0 Å². The maximum atomic E-state index is 12.8. The minimum absolute atomic E-state index is 0.136. The lowest BCUT2D eigenvalue weighted by Gasteiger charge is -2.19. The van der Waals surface area contributed by atoms with Crippen LogP contribution in [0.5, 0.6) is 0 Å². The van der Waals surface area contributed by atoms with Gasteiger partial charge >= 0.3 is 0 Å². The molecule has 0 saturated carbocycles. The highest BCUT2D eigenvalue weighted by atomic mass is 32.2. The standard InChI is InChI=1S/C16H25N5O2S/c1-5-19-11-15(9-18-19)24(22,23)20-7-6-14(10-20)16-17-8-13(4)21(16)12(2)3/h8-9,11-12,14H,5-7,10H2,1-4H3. The van der Waals surface area contributed by atoms with Gasteiger partial charge in [-0.25, -0.2) is 13.4 Å². The van der Waals surface area contributed by atoms with E-state index < -0.39 is 10.0 Å². The van der Waals surface area contributed by atoms with Crippen molar-refractivity contribution in [2.75, 3.05) is 13.1 Å². The van der Waals surface area contributed by atoms with Crippen molar-refractivity contribution < 1.29 is 8.42 Å².